The molecule has 2 nitrogen and oxygen atoms in total. The minimum absolute atomic E-state index is 0.195. The van der Waals surface area contributed by atoms with Crippen molar-refractivity contribution in [3.8, 4) is 0 Å². The Hall–Kier alpha value is -1.78. The third-order valence-electron chi connectivity index (χ3n) is 7.03. The van der Waals surface area contributed by atoms with E-state index in [0.717, 1.165) is 30.0 Å². The highest BCUT2D eigenvalue weighted by molar-refractivity contribution is 5.32. The van der Waals surface area contributed by atoms with Crippen molar-refractivity contribution >= 4 is 0 Å². The van der Waals surface area contributed by atoms with Crippen molar-refractivity contribution in [3.63, 3.8) is 0 Å². The molecule has 0 spiro atoms. The SMILES string of the molecule is Fc1ccc(C(CCC[NH+]2CC[NH+]3CCCCC[C@@H]3C2)c2ccc(F)cc2)cc1. The molecule has 2 aromatic rings. The van der Waals surface area contributed by atoms with Gasteiger partial charge in [0.1, 0.15) is 37.3 Å². The molecule has 0 aromatic heterocycles. The number of nitrogens with one attached hydrogen (secondary N) is 2. The molecule has 2 fully saturated rings. The zero-order chi connectivity index (χ0) is 20.1. The molecule has 0 radical (unpaired) electrons. The van der Waals surface area contributed by atoms with Crippen LogP contribution in [0.5, 0.6) is 0 Å². The molecule has 2 N–H and O–H groups in total. The maximum Gasteiger partial charge on any atom is 0.137 e. The van der Waals surface area contributed by atoms with E-state index in [1.165, 1.54) is 82.7 Å². The lowest BCUT2D eigenvalue weighted by atomic mass is 9.87. The Morgan fingerprint density at radius 3 is 2.10 bits per heavy atom. The molecule has 0 saturated carbocycles. The second kappa shape index (κ2) is 9.82. The number of hydrogen-bond acceptors (Lipinski definition) is 0. The van der Waals surface area contributed by atoms with Crippen LogP contribution in [0, 0.1) is 11.6 Å². The van der Waals surface area contributed by atoms with Gasteiger partial charge in [0.25, 0.3) is 0 Å². The van der Waals surface area contributed by atoms with Gasteiger partial charge in [0.05, 0.1) is 13.1 Å². The summed E-state index contributed by atoms with van der Waals surface area (Å²) in [7, 11) is 0. The standard InChI is InChI=1S/C25H32F2N2/c26-22-11-7-20(8-12-22)25(21-9-13-23(27)14-10-21)6-4-15-28-17-18-29-16-3-1-2-5-24(29)19-28/h7-14,24-25H,1-6,15-19H2/p+2/t24-/m1/s1. The van der Waals surface area contributed by atoms with Crippen molar-refractivity contribution in [2.45, 2.75) is 50.5 Å². The van der Waals surface area contributed by atoms with Gasteiger partial charge < -0.3 is 9.80 Å². The quantitative estimate of drug-likeness (QED) is 0.738. The van der Waals surface area contributed by atoms with E-state index >= 15 is 0 Å². The van der Waals surface area contributed by atoms with E-state index in [-0.39, 0.29) is 17.6 Å². The Morgan fingerprint density at radius 2 is 1.45 bits per heavy atom. The van der Waals surface area contributed by atoms with E-state index in [9.17, 15) is 8.78 Å². The first-order chi connectivity index (χ1) is 14.2. The van der Waals surface area contributed by atoms with E-state index in [0.29, 0.717) is 0 Å². The Morgan fingerprint density at radius 1 is 0.793 bits per heavy atom. The third kappa shape index (κ3) is 5.43. The molecule has 2 unspecified atom stereocenters. The number of fused-ring (bicyclic) bond motifs is 1. The van der Waals surface area contributed by atoms with E-state index in [1.807, 2.05) is 29.2 Å². The first-order valence-electron chi connectivity index (χ1n) is 11.4. The number of quaternary nitrogens is 2. The molecule has 2 aliphatic heterocycles. The molecule has 2 saturated heterocycles. The molecule has 2 aliphatic rings. The topological polar surface area (TPSA) is 8.88 Å². The largest absolute Gasteiger partial charge is 0.325 e. The van der Waals surface area contributed by atoms with E-state index in [1.54, 1.807) is 4.90 Å². The molecule has 2 aromatic carbocycles. The summed E-state index contributed by atoms with van der Waals surface area (Å²) >= 11 is 0. The summed E-state index contributed by atoms with van der Waals surface area (Å²) in [6, 6.07) is 14.5. The number of hydrogen-bond donors (Lipinski definition) is 2. The van der Waals surface area contributed by atoms with Crippen molar-refractivity contribution in [3.05, 3.63) is 71.3 Å². The second-order valence-electron chi connectivity index (χ2n) is 8.96. The number of piperazine rings is 1. The van der Waals surface area contributed by atoms with Crippen molar-refractivity contribution in [1.82, 2.24) is 0 Å². The average molecular weight is 401 g/mol. The van der Waals surface area contributed by atoms with Crippen molar-refractivity contribution < 1.29 is 18.6 Å². The molecule has 2 heterocycles. The summed E-state index contributed by atoms with van der Waals surface area (Å²) in [5.74, 6) is -0.222. The van der Waals surface area contributed by atoms with Gasteiger partial charge in [0.2, 0.25) is 0 Å². The lowest BCUT2D eigenvalue weighted by Crippen LogP contribution is -3.30. The lowest BCUT2D eigenvalue weighted by Gasteiger charge is -2.35. The average Bonchev–Trinajstić information content (AvgIpc) is 2.98. The summed E-state index contributed by atoms with van der Waals surface area (Å²) < 4.78 is 26.8. The molecule has 4 heteroatoms. The Bertz CT molecular complexity index is 714. The Balaban J connectivity index is 1.38. The first-order valence-corrected chi connectivity index (χ1v) is 11.4. The smallest absolute Gasteiger partial charge is 0.137 e. The van der Waals surface area contributed by atoms with E-state index in [4.69, 9.17) is 0 Å². The fourth-order valence-electron chi connectivity index (χ4n) is 5.39. The van der Waals surface area contributed by atoms with Gasteiger partial charge in [0.15, 0.2) is 0 Å². The van der Waals surface area contributed by atoms with Gasteiger partial charge in [-0.2, -0.15) is 0 Å². The molecule has 29 heavy (non-hydrogen) atoms. The summed E-state index contributed by atoms with van der Waals surface area (Å²) in [4.78, 5) is 3.60. The van der Waals surface area contributed by atoms with Gasteiger partial charge in [-0.25, -0.2) is 8.78 Å². The van der Waals surface area contributed by atoms with Crippen LogP contribution in [-0.4, -0.2) is 38.8 Å². The number of halogens is 2. The Labute approximate surface area is 173 Å². The summed E-state index contributed by atoms with van der Waals surface area (Å²) in [6.07, 6.45) is 7.76. The summed E-state index contributed by atoms with van der Waals surface area (Å²) in [5, 5.41) is 0. The van der Waals surface area contributed by atoms with Gasteiger partial charge in [-0.3, -0.25) is 0 Å². The van der Waals surface area contributed by atoms with E-state index in [2.05, 4.69) is 0 Å². The summed E-state index contributed by atoms with van der Waals surface area (Å²) in [6.45, 7) is 6.48. The molecule has 156 valence electrons. The first kappa shape index (κ1) is 20.5. The van der Waals surface area contributed by atoms with Crippen LogP contribution in [0.15, 0.2) is 48.5 Å². The molecule has 0 amide bonds. The van der Waals surface area contributed by atoms with Crippen LogP contribution < -0.4 is 9.80 Å². The molecule has 3 atom stereocenters. The van der Waals surface area contributed by atoms with Crippen LogP contribution >= 0.6 is 0 Å². The maximum atomic E-state index is 13.4. The highest BCUT2D eigenvalue weighted by Crippen LogP contribution is 2.29. The van der Waals surface area contributed by atoms with Gasteiger partial charge in [-0.1, -0.05) is 24.3 Å². The van der Waals surface area contributed by atoms with Crippen molar-refractivity contribution in [2.24, 2.45) is 0 Å². The zero-order valence-corrected chi connectivity index (χ0v) is 17.3. The predicted molar refractivity (Wildman–Crippen MR) is 112 cm³/mol. The number of rotatable bonds is 6. The molecule has 4 rings (SSSR count). The van der Waals surface area contributed by atoms with Gasteiger partial charge in [0, 0.05) is 12.3 Å². The minimum atomic E-state index is -0.208. The van der Waals surface area contributed by atoms with Crippen LogP contribution in [0.25, 0.3) is 0 Å². The van der Waals surface area contributed by atoms with Crippen molar-refractivity contribution in [1.29, 1.82) is 0 Å². The fraction of sp³-hybridized carbons (Fsp3) is 0.520. The predicted octanol–water partition coefficient (Wildman–Crippen LogP) is 2.60. The third-order valence-corrected chi connectivity index (χ3v) is 7.03. The zero-order valence-electron chi connectivity index (χ0n) is 17.3. The molecular weight excluding hydrogens is 366 g/mol. The monoisotopic (exact) mass is 400 g/mol. The minimum Gasteiger partial charge on any atom is -0.325 e. The van der Waals surface area contributed by atoms with Crippen LogP contribution in [0.2, 0.25) is 0 Å². The van der Waals surface area contributed by atoms with Crippen LogP contribution in [0.4, 0.5) is 8.78 Å². The molecule has 0 bridgehead atoms. The highest BCUT2D eigenvalue weighted by atomic mass is 19.1. The molecular formula is C25H34F2N2+2. The van der Waals surface area contributed by atoms with Crippen LogP contribution in [0.3, 0.4) is 0 Å². The van der Waals surface area contributed by atoms with Crippen LogP contribution in [0.1, 0.15) is 55.6 Å². The highest BCUT2D eigenvalue weighted by Gasteiger charge is 2.33. The molecule has 0 aliphatic carbocycles. The van der Waals surface area contributed by atoms with E-state index < -0.39 is 0 Å². The maximum absolute atomic E-state index is 13.4. The lowest BCUT2D eigenvalue weighted by molar-refractivity contribution is -1.03. The van der Waals surface area contributed by atoms with Gasteiger partial charge >= 0.3 is 0 Å². The van der Waals surface area contributed by atoms with Crippen molar-refractivity contribution in [2.75, 3.05) is 32.7 Å². The number of benzene rings is 2. The summed E-state index contributed by atoms with van der Waals surface area (Å²) in [5.41, 5.74) is 2.23. The van der Waals surface area contributed by atoms with Gasteiger partial charge in [-0.05, 0) is 67.5 Å². The van der Waals surface area contributed by atoms with Crippen LogP contribution in [-0.2, 0) is 0 Å². The normalized spacial score (nSPS) is 24.9. The second-order valence-corrected chi connectivity index (χ2v) is 8.96. The fourth-order valence-corrected chi connectivity index (χ4v) is 5.39. The van der Waals surface area contributed by atoms with Gasteiger partial charge in [-0.15, -0.1) is 0 Å². The Kier molecular flexibility index (Phi) is 6.94.